The zero-order valence-electron chi connectivity index (χ0n) is 12.0. The van der Waals surface area contributed by atoms with Gasteiger partial charge in [-0.3, -0.25) is 14.9 Å². The number of aryl methyl sites for hydroxylation is 1. The molecule has 0 radical (unpaired) electrons. The lowest BCUT2D eigenvalue weighted by atomic mass is 10.2. The molecular formula is C13H15N3O4S. The standard InChI is InChI=1S/C13H15N3O4S/c1-4-20-13(17)7-15(3)10-5-9-12(21-8(2)14-9)6-11(10)16(18)19/h5-6H,4,7H2,1-3H3. The van der Waals surface area contributed by atoms with E-state index in [0.717, 1.165) is 9.71 Å². The number of nitrogens with zero attached hydrogens (tertiary/aromatic N) is 3. The summed E-state index contributed by atoms with van der Waals surface area (Å²) in [6.07, 6.45) is 0. The first-order valence-corrected chi connectivity index (χ1v) is 7.16. The summed E-state index contributed by atoms with van der Waals surface area (Å²) in [6.45, 7) is 3.78. The number of ether oxygens (including phenoxy) is 1. The van der Waals surface area contributed by atoms with Crippen molar-refractivity contribution >= 4 is 38.9 Å². The second kappa shape index (κ2) is 6.04. The van der Waals surface area contributed by atoms with Gasteiger partial charge in [-0.25, -0.2) is 4.98 Å². The van der Waals surface area contributed by atoms with Gasteiger partial charge in [-0.15, -0.1) is 11.3 Å². The van der Waals surface area contributed by atoms with Crippen molar-refractivity contribution in [3.63, 3.8) is 0 Å². The number of likely N-dealkylation sites (N-methyl/N-ethyl adjacent to an activating group) is 1. The molecule has 2 rings (SSSR count). The fraction of sp³-hybridized carbons (Fsp3) is 0.385. The van der Waals surface area contributed by atoms with Crippen LogP contribution < -0.4 is 4.90 Å². The number of aromatic nitrogens is 1. The van der Waals surface area contributed by atoms with Crippen LogP contribution in [0.3, 0.4) is 0 Å². The quantitative estimate of drug-likeness (QED) is 0.479. The van der Waals surface area contributed by atoms with Crippen molar-refractivity contribution < 1.29 is 14.5 Å². The van der Waals surface area contributed by atoms with Crippen LogP contribution in [0.4, 0.5) is 11.4 Å². The Kier molecular flexibility index (Phi) is 4.37. The van der Waals surface area contributed by atoms with Crippen molar-refractivity contribution in [3.05, 3.63) is 27.3 Å². The molecule has 1 heterocycles. The molecule has 0 spiro atoms. The Labute approximate surface area is 125 Å². The third kappa shape index (κ3) is 3.27. The van der Waals surface area contributed by atoms with Crippen LogP contribution in [0.25, 0.3) is 10.2 Å². The number of hydrogen-bond donors (Lipinski definition) is 0. The summed E-state index contributed by atoms with van der Waals surface area (Å²) < 4.78 is 5.62. The van der Waals surface area contributed by atoms with Gasteiger partial charge >= 0.3 is 5.97 Å². The largest absolute Gasteiger partial charge is 0.465 e. The second-order valence-corrected chi connectivity index (χ2v) is 5.69. The number of thiazole rings is 1. The van der Waals surface area contributed by atoms with Gasteiger partial charge in [-0.05, 0) is 19.9 Å². The highest BCUT2D eigenvalue weighted by Gasteiger charge is 2.21. The molecule has 0 atom stereocenters. The number of fused-ring (bicyclic) bond motifs is 1. The Morgan fingerprint density at radius 1 is 1.52 bits per heavy atom. The molecule has 0 aliphatic carbocycles. The van der Waals surface area contributed by atoms with Gasteiger partial charge in [-0.2, -0.15) is 0 Å². The molecule has 0 aliphatic rings. The van der Waals surface area contributed by atoms with Crippen LogP contribution in [0, 0.1) is 17.0 Å². The van der Waals surface area contributed by atoms with Crippen molar-refractivity contribution in [2.45, 2.75) is 13.8 Å². The molecule has 0 aliphatic heterocycles. The summed E-state index contributed by atoms with van der Waals surface area (Å²) in [7, 11) is 1.62. The third-order valence-corrected chi connectivity index (χ3v) is 3.80. The van der Waals surface area contributed by atoms with E-state index in [1.165, 1.54) is 22.3 Å². The van der Waals surface area contributed by atoms with E-state index in [0.29, 0.717) is 11.2 Å². The third-order valence-electron chi connectivity index (χ3n) is 2.87. The molecule has 0 bridgehead atoms. The van der Waals surface area contributed by atoms with Crippen LogP contribution in [0.15, 0.2) is 12.1 Å². The fourth-order valence-electron chi connectivity index (χ4n) is 2.00. The molecule has 112 valence electrons. The predicted octanol–water partition coefficient (Wildman–Crippen LogP) is 2.51. The number of benzene rings is 1. The van der Waals surface area contributed by atoms with E-state index in [1.807, 2.05) is 6.92 Å². The minimum absolute atomic E-state index is 0.0436. The lowest BCUT2D eigenvalue weighted by molar-refractivity contribution is -0.384. The highest BCUT2D eigenvalue weighted by atomic mass is 32.1. The Morgan fingerprint density at radius 2 is 2.24 bits per heavy atom. The van der Waals surface area contributed by atoms with Crippen LogP contribution in [0.5, 0.6) is 0 Å². The Balaban J connectivity index is 2.42. The van der Waals surface area contributed by atoms with Crippen LogP contribution in [-0.4, -0.2) is 36.1 Å². The van der Waals surface area contributed by atoms with Gasteiger partial charge in [0.25, 0.3) is 5.69 Å². The van der Waals surface area contributed by atoms with Crippen molar-refractivity contribution in [1.82, 2.24) is 4.98 Å². The Hall–Kier alpha value is -2.22. The lowest BCUT2D eigenvalue weighted by Gasteiger charge is -2.17. The Morgan fingerprint density at radius 3 is 2.86 bits per heavy atom. The van der Waals surface area contributed by atoms with E-state index in [1.54, 1.807) is 20.0 Å². The van der Waals surface area contributed by atoms with Crippen molar-refractivity contribution in [1.29, 1.82) is 0 Å². The SMILES string of the molecule is CCOC(=O)CN(C)c1cc2nc(C)sc2cc1[N+](=O)[O-]. The summed E-state index contributed by atoms with van der Waals surface area (Å²) in [5, 5.41) is 12.1. The van der Waals surface area contributed by atoms with Gasteiger partial charge in [0.15, 0.2) is 0 Å². The summed E-state index contributed by atoms with van der Waals surface area (Å²) in [4.78, 5) is 28.1. The van der Waals surface area contributed by atoms with Crippen molar-refractivity contribution in [2.24, 2.45) is 0 Å². The molecule has 1 aromatic carbocycles. The van der Waals surface area contributed by atoms with Crippen LogP contribution in [0.2, 0.25) is 0 Å². The van der Waals surface area contributed by atoms with Crippen molar-refractivity contribution in [2.75, 3.05) is 25.1 Å². The van der Waals surface area contributed by atoms with E-state index >= 15 is 0 Å². The number of rotatable bonds is 5. The van der Waals surface area contributed by atoms with E-state index in [-0.39, 0.29) is 18.8 Å². The fourth-order valence-corrected chi connectivity index (χ4v) is 2.85. The number of hydrogen-bond acceptors (Lipinski definition) is 7. The normalized spacial score (nSPS) is 10.6. The van der Waals surface area contributed by atoms with E-state index < -0.39 is 10.9 Å². The number of nitro benzene ring substituents is 1. The van der Waals surface area contributed by atoms with Gasteiger partial charge in [0.2, 0.25) is 0 Å². The maximum absolute atomic E-state index is 11.5. The van der Waals surface area contributed by atoms with Gasteiger partial charge < -0.3 is 9.64 Å². The second-order valence-electron chi connectivity index (χ2n) is 4.46. The number of anilines is 1. The minimum atomic E-state index is -0.453. The summed E-state index contributed by atoms with van der Waals surface area (Å²) >= 11 is 1.40. The smallest absolute Gasteiger partial charge is 0.325 e. The zero-order valence-corrected chi connectivity index (χ0v) is 12.8. The van der Waals surface area contributed by atoms with Crippen LogP contribution in [0.1, 0.15) is 11.9 Å². The highest BCUT2D eigenvalue weighted by molar-refractivity contribution is 7.18. The molecule has 0 N–H and O–H groups in total. The van der Waals surface area contributed by atoms with E-state index in [4.69, 9.17) is 4.74 Å². The maximum Gasteiger partial charge on any atom is 0.325 e. The number of carbonyl (C=O) groups excluding carboxylic acids is 1. The number of carbonyl (C=O) groups is 1. The molecule has 0 unspecified atom stereocenters. The monoisotopic (exact) mass is 309 g/mol. The topological polar surface area (TPSA) is 85.6 Å². The zero-order chi connectivity index (χ0) is 15.6. The van der Waals surface area contributed by atoms with E-state index in [2.05, 4.69) is 4.98 Å². The van der Waals surface area contributed by atoms with E-state index in [9.17, 15) is 14.9 Å². The first-order valence-electron chi connectivity index (χ1n) is 6.34. The molecule has 0 fully saturated rings. The average molecular weight is 309 g/mol. The molecule has 1 aromatic heterocycles. The number of esters is 1. The van der Waals surface area contributed by atoms with Crippen molar-refractivity contribution in [3.8, 4) is 0 Å². The molecule has 2 aromatic rings. The first-order chi connectivity index (χ1) is 9.92. The van der Waals surface area contributed by atoms with Gasteiger partial charge in [0.1, 0.15) is 12.2 Å². The minimum Gasteiger partial charge on any atom is -0.465 e. The molecule has 0 saturated carbocycles. The van der Waals surface area contributed by atoms with Crippen LogP contribution in [-0.2, 0) is 9.53 Å². The molecule has 0 saturated heterocycles. The van der Waals surface area contributed by atoms with Gasteiger partial charge in [-0.1, -0.05) is 0 Å². The molecule has 0 amide bonds. The maximum atomic E-state index is 11.5. The Bertz CT molecular complexity index is 698. The summed E-state index contributed by atoms with van der Waals surface area (Å²) in [5.41, 5.74) is 0.998. The predicted molar refractivity (Wildman–Crippen MR) is 80.9 cm³/mol. The first kappa shape index (κ1) is 15.2. The lowest BCUT2D eigenvalue weighted by Crippen LogP contribution is -2.27. The van der Waals surface area contributed by atoms with Gasteiger partial charge in [0, 0.05) is 13.1 Å². The molecular weight excluding hydrogens is 294 g/mol. The molecule has 8 heteroatoms. The summed E-state index contributed by atoms with van der Waals surface area (Å²) in [5.74, 6) is -0.427. The average Bonchev–Trinajstić information content (AvgIpc) is 2.76. The summed E-state index contributed by atoms with van der Waals surface area (Å²) in [6, 6.07) is 3.13. The highest BCUT2D eigenvalue weighted by Crippen LogP contribution is 2.34. The number of nitro groups is 1. The van der Waals surface area contributed by atoms with Gasteiger partial charge in [0.05, 0.1) is 26.8 Å². The molecule has 7 nitrogen and oxygen atoms in total. The van der Waals surface area contributed by atoms with Crippen LogP contribution >= 0.6 is 11.3 Å². The molecule has 21 heavy (non-hydrogen) atoms.